The van der Waals surface area contributed by atoms with Crippen LogP contribution in [0.3, 0.4) is 0 Å². The van der Waals surface area contributed by atoms with Crippen molar-refractivity contribution in [1.29, 1.82) is 0 Å². The van der Waals surface area contributed by atoms with Gasteiger partial charge in [-0.05, 0) is 59.5 Å². The Morgan fingerprint density at radius 2 is 1.65 bits per heavy atom. The Bertz CT molecular complexity index is 1040. The van der Waals surface area contributed by atoms with E-state index >= 15 is 0 Å². The lowest BCUT2D eigenvalue weighted by atomic mass is 9.87. The highest BCUT2D eigenvalue weighted by Crippen LogP contribution is 2.46. The minimum atomic E-state index is -4.86. The first-order valence-electron chi connectivity index (χ1n) is 9.67. The normalized spacial score (nSPS) is 12.4. The Labute approximate surface area is 176 Å². The van der Waals surface area contributed by atoms with Gasteiger partial charge in [-0.25, -0.2) is 4.39 Å². The zero-order valence-electron chi connectivity index (χ0n) is 16.6. The molecule has 3 nitrogen and oxygen atoms in total. The van der Waals surface area contributed by atoms with E-state index in [-0.39, 0.29) is 17.7 Å². The van der Waals surface area contributed by atoms with E-state index in [1.54, 1.807) is 37.3 Å². The maximum absolute atomic E-state index is 14.1. The molecule has 1 N–H and O–H groups in total. The first-order valence-corrected chi connectivity index (χ1v) is 9.67. The van der Waals surface area contributed by atoms with Gasteiger partial charge in [0.05, 0.1) is 5.92 Å². The van der Waals surface area contributed by atoms with Crippen molar-refractivity contribution in [2.24, 2.45) is 0 Å². The number of hydrogen-bond donors (Lipinski definition) is 1. The summed E-state index contributed by atoms with van der Waals surface area (Å²) < 4.78 is 61.2. The summed E-state index contributed by atoms with van der Waals surface area (Å²) in [5.41, 5.74) is -0.497. The first kappa shape index (κ1) is 22.3. The Balaban J connectivity index is 2.28. The third kappa shape index (κ3) is 5.23. The van der Waals surface area contributed by atoms with E-state index < -0.39 is 35.2 Å². The average Bonchev–Trinajstić information content (AvgIpc) is 2.72. The molecule has 0 radical (unpaired) electrons. The summed E-state index contributed by atoms with van der Waals surface area (Å²) in [5, 5.41) is 9.67. The number of ether oxygens (including phenoxy) is 1. The van der Waals surface area contributed by atoms with Crippen molar-refractivity contribution in [3.8, 4) is 22.6 Å². The highest BCUT2D eigenvalue weighted by Gasteiger charge is 2.41. The van der Waals surface area contributed by atoms with Crippen LogP contribution >= 0.6 is 0 Å². The fraction of sp³-hybridized carbons (Fsp3) is 0.208. The number of carbonyl (C=O) groups is 1. The molecule has 1 unspecified atom stereocenters. The molecule has 0 amide bonds. The van der Waals surface area contributed by atoms with Crippen LogP contribution < -0.4 is 4.74 Å². The van der Waals surface area contributed by atoms with Crippen LogP contribution in [0, 0.1) is 5.82 Å². The molecule has 0 aromatic heterocycles. The second kappa shape index (κ2) is 9.20. The van der Waals surface area contributed by atoms with Gasteiger partial charge < -0.3 is 9.84 Å². The van der Waals surface area contributed by atoms with E-state index in [9.17, 15) is 27.5 Å². The third-order valence-corrected chi connectivity index (χ3v) is 4.82. The first-order chi connectivity index (χ1) is 14.7. The van der Waals surface area contributed by atoms with Gasteiger partial charge in [-0.2, -0.15) is 13.2 Å². The largest absolute Gasteiger partial charge is 0.481 e. The number of hydrogen-bond acceptors (Lipinski definition) is 2. The van der Waals surface area contributed by atoms with Crippen LogP contribution in [0.2, 0.25) is 0 Å². The second-order valence-electron chi connectivity index (χ2n) is 7.04. The lowest BCUT2D eigenvalue weighted by Crippen LogP contribution is -2.19. The molecule has 0 fully saturated rings. The predicted molar refractivity (Wildman–Crippen MR) is 109 cm³/mol. The van der Waals surface area contributed by atoms with E-state index in [0.717, 1.165) is 12.1 Å². The van der Waals surface area contributed by atoms with Crippen molar-refractivity contribution < 1.29 is 32.2 Å². The number of alkyl halides is 3. The molecule has 0 aliphatic heterocycles. The minimum Gasteiger partial charge on any atom is -0.481 e. The summed E-state index contributed by atoms with van der Waals surface area (Å²) >= 11 is 0. The number of benzene rings is 3. The van der Waals surface area contributed by atoms with Crippen LogP contribution in [0.1, 0.15) is 36.8 Å². The standard InChI is InChI=1S/C24H20F4O3/c1-2-6-19(23(29)30)20-13-16(15-7-4-3-5-8-15)14-21(22(20)24(26,27)28)31-18-11-9-17(25)10-12-18/h3-5,7-14,19H,2,6H2,1H3,(H,29,30). The van der Waals surface area contributed by atoms with Crippen LogP contribution in [-0.4, -0.2) is 11.1 Å². The van der Waals surface area contributed by atoms with E-state index in [2.05, 4.69) is 0 Å². The topological polar surface area (TPSA) is 46.5 Å². The molecule has 1 atom stereocenters. The molecule has 31 heavy (non-hydrogen) atoms. The molecule has 0 bridgehead atoms. The van der Waals surface area contributed by atoms with Gasteiger partial charge in [0.1, 0.15) is 22.9 Å². The molecule has 3 aromatic carbocycles. The van der Waals surface area contributed by atoms with E-state index in [4.69, 9.17) is 4.74 Å². The lowest BCUT2D eigenvalue weighted by molar-refractivity contribution is -0.142. The van der Waals surface area contributed by atoms with Crippen molar-refractivity contribution in [2.75, 3.05) is 0 Å². The SMILES string of the molecule is CCCC(C(=O)O)c1cc(-c2ccccc2)cc(Oc2ccc(F)cc2)c1C(F)(F)F. The van der Waals surface area contributed by atoms with Gasteiger partial charge in [-0.3, -0.25) is 4.79 Å². The molecule has 0 saturated carbocycles. The van der Waals surface area contributed by atoms with Gasteiger partial charge >= 0.3 is 12.1 Å². The molecule has 0 saturated heterocycles. The smallest absolute Gasteiger partial charge is 0.420 e. The zero-order valence-corrected chi connectivity index (χ0v) is 16.6. The van der Waals surface area contributed by atoms with Crippen LogP contribution in [0.4, 0.5) is 17.6 Å². The van der Waals surface area contributed by atoms with E-state index in [0.29, 0.717) is 17.5 Å². The van der Waals surface area contributed by atoms with Gasteiger partial charge in [-0.1, -0.05) is 43.7 Å². The van der Waals surface area contributed by atoms with Crippen molar-refractivity contribution in [3.63, 3.8) is 0 Å². The quantitative estimate of drug-likeness (QED) is 0.399. The van der Waals surface area contributed by atoms with Crippen LogP contribution in [0.15, 0.2) is 66.7 Å². The highest BCUT2D eigenvalue weighted by molar-refractivity contribution is 5.79. The molecule has 0 spiro atoms. The molecule has 7 heteroatoms. The summed E-state index contributed by atoms with van der Waals surface area (Å²) in [4.78, 5) is 11.9. The number of halogens is 4. The fourth-order valence-electron chi connectivity index (χ4n) is 3.42. The van der Waals surface area contributed by atoms with Crippen molar-refractivity contribution in [2.45, 2.75) is 31.9 Å². The Kier molecular flexibility index (Phi) is 6.63. The summed E-state index contributed by atoms with van der Waals surface area (Å²) in [6.45, 7) is 1.71. The maximum atomic E-state index is 14.1. The van der Waals surface area contributed by atoms with Crippen LogP contribution in [0.25, 0.3) is 11.1 Å². The van der Waals surface area contributed by atoms with Crippen molar-refractivity contribution >= 4 is 5.97 Å². The van der Waals surface area contributed by atoms with Gasteiger partial charge in [-0.15, -0.1) is 0 Å². The van der Waals surface area contributed by atoms with Gasteiger partial charge in [0.25, 0.3) is 0 Å². The van der Waals surface area contributed by atoms with Crippen LogP contribution in [-0.2, 0) is 11.0 Å². The van der Waals surface area contributed by atoms with Crippen molar-refractivity contribution in [1.82, 2.24) is 0 Å². The van der Waals surface area contributed by atoms with Crippen molar-refractivity contribution in [3.05, 3.63) is 83.7 Å². The number of carboxylic acids is 1. The summed E-state index contributed by atoms with van der Waals surface area (Å²) in [6, 6.07) is 15.7. The highest BCUT2D eigenvalue weighted by atomic mass is 19.4. The number of carboxylic acid groups (broad SMARTS) is 1. The second-order valence-corrected chi connectivity index (χ2v) is 7.04. The molecule has 0 aliphatic carbocycles. The molecule has 3 aromatic rings. The molecule has 0 heterocycles. The number of aliphatic carboxylic acids is 1. The minimum absolute atomic E-state index is 0.00503. The Morgan fingerprint density at radius 3 is 2.19 bits per heavy atom. The summed E-state index contributed by atoms with van der Waals surface area (Å²) in [6.07, 6.45) is -4.44. The predicted octanol–water partition coefficient (Wildman–Crippen LogP) is 7.27. The average molecular weight is 432 g/mol. The number of rotatable bonds is 7. The maximum Gasteiger partial charge on any atom is 0.420 e. The van der Waals surface area contributed by atoms with E-state index in [1.807, 2.05) is 0 Å². The molecule has 3 rings (SSSR count). The lowest BCUT2D eigenvalue weighted by Gasteiger charge is -2.23. The van der Waals surface area contributed by atoms with E-state index in [1.165, 1.54) is 24.3 Å². The molecular weight excluding hydrogens is 412 g/mol. The fourth-order valence-corrected chi connectivity index (χ4v) is 3.42. The Morgan fingerprint density at radius 1 is 1.00 bits per heavy atom. The van der Waals surface area contributed by atoms with Gasteiger partial charge in [0.2, 0.25) is 0 Å². The summed E-state index contributed by atoms with van der Waals surface area (Å²) in [5.74, 6) is -3.79. The van der Waals surface area contributed by atoms with Crippen LogP contribution in [0.5, 0.6) is 11.5 Å². The van der Waals surface area contributed by atoms with Gasteiger partial charge in [0.15, 0.2) is 0 Å². The molecule has 0 aliphatic rings. The third-order valence-electron chi connectivity index (χ3n) is 4.82. The molecule has 162 valence electrons. The zero-order chi connectivity index (χ0) is 22.6. The molecular formula is C24H20F4O3. The Hall–Kier alpha value is -3.35. The monoisotopic (exact) mass is 432 g/mol. The summed E-state index contributed by atoms with van der Waals surface area (Å²) in [7, 11) is 0. The van der Waals surface area contributed by atoms with Gasteiger partial charge in [0, 0.05) is 0 Å².